The number of halogens is 1. The van der Waals surface area contributed by atoms with Gasteiger partial charge in [0, 0.05) is 11.6 Å². The number of carboxylic acids is 1. The quantitative estimate of drug-likeness (QED) is 0.551. The maximum atomic E-state index is 13.4. The number of carbonyl (C=O) groups is 2. The first kappa shape index (κ1) is 22.0. The van der Waals surface area contributed by atoms with Gasteiger partial charge in [-0.25, -0.2) is 13.2 Å². The van der Waals surface area contributed by atoms with Crippen molar-refractivity contribution in [3.05, 3.63) is 82.9 Å². The van der Waals surface area contributed by atoms with Gasteiger partial charge in [-0.1, -0.05) is 41.9 Å². The molecule has 0 radical (unpaired) electrons. The Hall–Kier alpha value is -3.20. The van der Waals surface area contributed by atoms with E-state index in [1.807, 2.05) is 0 Å². The number of phenolic OH excluding ortho intramolecular Hbond substituents is 1. The Kier molecular flexibility index (Phi) is 5.77. The number of carboxylic acid groups (broad SMARTS) is 1. The van der Waals surface area contributed by atoms with Gasteiger partial charge in [0.2, 0.25) is 10.0 Å². The van der Waals surface area contributed by atoms with Gasteiger partial charge in [-0.2, -0.15) is 4.31 Å². The van der Waals surface area contributed by atoms with Crippen LogP contribution in [0.3, 0.4) is 0 Å². The number of Topliss-reactive ketones (excluding diaryl/α,β-unsaturated/α-hetero) is 1. The SMILES string of the molecule is O=C(O)C(=O)[C@H]1Cc2ccc(O)cc2CN1S(=O)(=O)c1ccc(-c2ccc(Cl)cc2)cc1. The average molecular weight is 472 g/mol. The molecule has 3 aromatic carbocycles. The Balaban J connectivity index is 1.72. The van der Waals surface area contributed by atoms with Crippen LogP contribution in [0.1, 0.15) is 11.1 Å². The monoisotopic (exact) mass is 471 g/mol. The first-order chi connectivity index (χ1) is 15.2. The molecule has 1 atom stereocenters. The van der Waals surface area contributed by atoms with Crippen molar-refractivity contribution < 1.29 is 28.2 Å². The summed E-state index contributed by atoms with van der Waals surface area (Å²) in [4.78, 5) is 23.7. The van der Waals surface area contributed by atoms with Crippen LogP contribution in [0.4, 0.5) is 0 Å². The second-order valence-electron chi connectivity index (χ2n) is 7.42. The molecule has 0 unspecified atom stereocenters. The molecule has 7 nitrogen and oxygen atoms in total. The molecule has 2 N–H and O–H groups in total. The fourth-order valence-electron chi connectivity index (χ4n) is 3.76. The van der Waals surface area contributed by atoms with Crippen molar-refractivity contribution in [1.29, 1.82) is 0 Å². The van der Waals surface area contributed by atoms with Crippen LogP contribution < -0.4 is 0 Å². The lowest BCUT2D eigenvalue weighted by molar-refractivity contribution is -0.151. The van der Waals surface area contributed by atoms with E-state index < -0.39 is 27.8 Å². The summed E-state index contributed by atoms with van der Waals surface area (Å²) < 4.78 is 27.7. The summed E-state index contributed by atoms with van der Waals surface area (Å²) >= 11 is 5.91. The van der Waals surface area contributed by atoms with Gasteiger partial charge in [0.15, 0.2) is 0 Å². The van der Waals surface area contributed by atoms with E-state index in [1.165, 1.54) is 24.3 Å². The highest BCUT2D eigenvalue weighted by molar-refractivity contribution is 7.89. The van der Waals surface area contributed by atoms with E-state index in [2.05, 4.69) is 0 Å². The molecular formula is C23H18ClNO6S. The van der Waals surface area contributed by atoms with Crippen LogP contribution in [-0.2, 0) is 32.6 Å². The zero-order valence-corrected chi connectivity index (χ0v) is 18.2. The van der Waals surface area contributed by atoms with Gasteiger partial charge in [-0.05, 0) is 65.1 Å². The number of hydrogen-bond acceptors (Lipinski definition) is 5. The summed E-state index contributed by atoms with van der Waals surface area (Å²) in [5.41, 5.74) is 2.75. The summed E-state index contributed by atoms with van der Waals surface area (Å²) in [5.74, 6) is -2.95. The average Bonchev–Trinajstić information content (AvgIpc) is 2.78. The molecule has 0 fully saturated rings. The van der Waals surface area contributed by atoms with Crippen molar-refractivity contribution in [3.63, 3.8) is 0 Å². The van der Waals surface area contributed by atoms with Crippen LogP contribution in [0.5, 0.6) is 5.75 Å². The van der Waals surface area contributed by atoms with Crippen LogP contribution in [0, 0.1) is 0 Å². The van der Waals surface area contributed by atoms with Gasteiger partial charge in [-0.15, -0.1) is 0 Å². The molecule has 0 aromatic heterocycles. The smallest absolute Gasteiger partial charge is 0.373 e. The minimum Gasteiger partial charge on any atom is -0.508 e. The maximum Gasteiger partial charge on any atom is 0.373 e. The van der Waals surface area contributed by atoms with Gasteiger partial charge in [-0.3, -0.25) is 4.79 Å². The highest BCUT2D eigenvalue weighted by Crippen LogP contribution is 2.32. The molecule has 0 saturated heterocycles. The molecule has 0 amide bonds. The third kappa shape index (κ3) is 4.12. The normalized spacial score (nSPS) is 16.3. The number of hydrogen-bond donors (Lipinski definition) is 2. The molecule has 9 heteroatoms. The molecular weight excluding hydrogens is 454 g/mol. The van der Waals surface area contributed by atoms with E-state index in [9.17, 15) is 28.2 Å². The standard InChI is InChI=1S/C23H18ClNO6S/c24-18-6-1-14(2-7-18)15-4-9-20(10-5-15)32(30,31)25-13-17-11-19(26)8-3-16(17)12-21(25)22(27)23(28)29/h1-11,21,26H,12-13H2,(H,28,29)/t21-/m1/s1. The minimum absolute atomic E-state index is 0.0450. The highest BCUT2D eigenvalue weighted by atomic mass is 35.5. The van der Waals surface area contributed by atoms with Crippen molar-refractivity contribution in [1.82, 2.24) is 4.31 Å². The van der Waals surface area contributed by atoms with E-state index in [-0.39, 0.29) is 23.6 Å². The number of carbonyl (C=O) groups excluding carboxylic acids is 1. The Bertz CT molecular complexity index is 1300. The van der Waals surface area contributed by atoms with Gasteiger partial charge >= 0.3 is 5.97 Å². The number of rotatable bonds is 5. The molecule has 0 bridgehead atoms. The largest absolute Gasteiger partial charge is 0.508 e. The Morgan fingerprint density at radius 1 is 0.906 bits per heavy atom. The number of aliphatic carboxylic acids is 1. The highest BCUT2D eigenvalue weighted by Gasteiger charge is 2.41. The lowest BCUT2D eigenvalue weighted by Gasteiger charge is -2.34. The zero-order valence-electron chi connectivity index (χ0n) is 16.6. The second kappa shape index (κ2) is 8.38. The van der Waals surface area contributed by atoms with E-state index >= 15 is 0 Å². The lowest BCUT2D eigenvalue weighted by atomic mass is 9.93. The molecule has 1 heterocycles. The topological polar surface area (TPSA) is 112 Å². The molecule has 4 rings (SSSR count). The molecule has 0 saturated carbocycles. The molecule has 32 heavy (non-hydrogen) atoms. The Morgan fingerprint density at radius 3 is 2.09 bits per heavy atom. The van der Waals surface area contributed by atoms with Gasteiger partial charge < -0.3 is 10.2 Å². The summed E-state index contributed by atoms with van der Waals surface area (Å²) in [6.45, 7) is -0.227. The fourth-order valence-corrected chi connectivity index (χ4v) is 5.45. The minimum atomic E-state index is -4.20. The predicted octanol–water partition coefficient (Wildman–Crippen LogP) is 3.48. The predicted molar refractivity (Wildman–Crippen MR) is 118 cm³/mol. The maximum absolute atomic E-state index is 13.4. The van der Waals surface area contributed by atoms with E-state index in [4.69, 9.17) is 11.6 Å². The number of benzene rings is 3. The van der Waals surface area contributed by atoms with Crippen LogP contribution >= 0.6 is 11.6 Å². The third-order valence-electron chi connectivity index (χ3n) is 5.43. The number of sulfonamides is 1. The number of nitrogens with zero attached hydrogens (tertiary/aromatic N) is 1. The number of fused-ring (bicyclic) bond motifs is 1. The Morgan fingerprint density at radius 2 is 1.50 bits per heavy atom. The first-order valence-electron chi connectivity index (χ1n) is 9.62. The summed E-state index contributed by atoms with van der Waals surface area (Å²) in [6, 6.07) is 16.2. The van der Waals surface area contributed by atoms with Gasteiger partial charge in [0.1, 0.15) is 5.75 Å². The summed E-state index contributed by atoms with van der Waals surface area (Å²) in [7, 11) is -4.20. The van der Waals surface area contributed by atoms with Crippen molar-refractivity contribution in [2.75, 3.05) is 0 Å². The van der Waals surface area contributed by atoms with Crippen LogP contribution in [0.15, 0.2) is 71.6 Å². The molecule has 0 spiro atoms. The number of aromatic hydroxyl groups is 1. The molecule has 1 aliphatic heterocycles. The second-order valence-corrected chi connectivity index (χ2v) is 9.75. The number of ketones is 1. The number of phenols is 1. The Labute approximate surface area is 189 Å². The van der Waals surface area contributed by atoms with E-state index in [1.54, 1.807) is 42.5 Å². The van der Waals surface area contributed by atoms with Gasteiger partial charge in [0.25, 0.3) is 5.78 Å². The van der Waals surface area contributed by atoms with E-state index in [0.717, 1.165) is 15.4 Å². The van der Waals surface area contributed by atoms with Crippen molar-refractivity contribution >= 4 is 33.4 Å². The zero-order chi connectivity index (χ0) is 23.0. The lowest BCUT2D eigenvalue weighted by Crippen LogP contribution is -2.50. The van der Waals surface area contributed by atoms with Crippen LogP contribution in [-0.4, -0.2) is 40.7 Å². The molecule has 3 aromatic rings. The molecule has 1 aliphatic rings. The molecule has 0 aliphatic carbocycles. The van der Waals surface area contributed by atoms with Crippen molar-refractivity contribution in [2.24, 2.45) is 0 Å². The third-order valence-corrected chi connectivity index (χ3v) is 7.55. The van der Waals surface area contributed by atoms with Crippen molar-refractivity contribution in [3.8, 4) is 16.9 Å². The van der Waals surface area contributed by atoms with Gasteiger partial charge in [0.05, 0.1) is 10.9 Å². The first-order valence-corrected chi connectivity index (χ1v) is 11.4. The van der Waals surface area contributed by atoms with E-state index in [0.29, 0.717) is 16.1 Å². The van der Waals surface area contributed by atoms with Crippen LogP contribution in [0.2, 0.25) is 5.02 Å². The molecule has 164 valence electrons. The fraction of sp³-hybridized carbons (Fsp3) is 0.130. The van der Waals surface area contributed by atoms with Crippen molar-refractivity contribution in [2.45, 2.75) is 23.9 Å². The summed E-state index contributed by atoms with van der Waals surface area (Å²) in [5, 5.41) is 19.6. The summed E-state index contributed by atoms with van der Waals surface area (Å²) in [6.07, 6.45) is -0.0944. The van der Waals surface area contributed by atoms with Crippen LogP contribution in [0.25, 0.3) is 11.1 Å².